The number of halogens is 3. The highest BCUT2D eigenvalue weighted by atomic mass is 19.4. The number of aryl methyl sites for hydroxylation is 1. The van der Waals surface area contributed by atoms with Crippen LogP contribution in [0.25, 0.3) is 0 Å². The van der Waals surface area contributed by atoms with Gasteiger partial charge >= 0.3 is 6.18 Å². The highest BCUT2D eigenvalue weighted by molar-refractivity contribution is 5.93. The molecule has 0 aromatic heterocycles. The van der Waals surface area contributed by atoms with Crippen molar-refractivity contribution in [2.24, 2.45) is 0 Å². The molecule has 0 aliphatic heterocycles. The third-order valence-electron chi connectivity index (χ3n) is 3.59. The number of rotatable bonds is 8. The van der Waals surface area contributed by atoms with E-state index in [0.717, 1.165) is 16.0 Å². The third-order valence-corrected chi connectivity index (χ3v) is 3.59. The van der Waals surface area contributed by atoms with Crippen LogP contribution in [0.4, 0.5) is 18.9 Å². The standard InChI is InChI=1S/C17H25F3N2O2/c1-12(2)14-7-4-6-13(3)16(14)21-15(24)10-22(8-5-9-23)11-17(18,19)20/h4,6-7,12,23H,5,8-11H2,1-3H3,(H,21,24). The fourth-order valence-electron chi connectivity index (χ4n) is 2.49. The molecule has 0 saturated carbocycles. The Bertz CT molecular complexity index is 545. The molecule has 1 rings (SSSR count). The first-order chi connectivity index (χ1) is 11.1. The maximum Gasteiger partial charge on any atom is 0.401 e. The van der Waals surface area contributed by atoms with Crippen molar-refractivity contribution in [3.8, 4) is 0 Å². The number of hydrogen-bond acceptors (Lipinski definition) is 3. The van der Waals surface area contributed by atoms with Crippen molar-refractivity contribution < 1.29 is 23.1 Å². The van der Waals surface area contributed by atoms with E-state index in [-0.39, 0.29) is 32.0 Å². The second-order valence-corrected chi connectivity index (χ2v) is 6.15. The Labute approximate surface area is 140 Å². The molecule has 1 amide bonds. The van der Waals surface area contributed by atoms with Gasteiger partial charge in [0.25, 0.3) is 0 Å². The van der Waals surface area contributed by atoms with Gasteiger partial charge in [-0.3, -0.25) is 9.69 Å². The molecule has 24 heavy (non-hydrogen) atoms. The van der Waals surface area contributed by atoms with Crippen molar-refractivity contribution in [2.45, 2.75) is 39.3 Å². The Morgan fingerprint density at radius 2 is 2.00 bits per heavy atom. The van der Waals surface area contributed by atoms with E-state index in [1.54, 1.807) is 0 Å². The van der Waals surface area contributed by atoms with Gasteiger partial charge in [-0.05, 0) is 30.4 Å². The molecular weight excluding hydrogens is 321 g/mol. The Morgan fingerprint density at radius 3 is 2.54 bits per heavy atom. The number of benzene rings is 1. The molecule has 0 saturated heterocycles. The molecular formula is C17H25F3N2O2. The number of hydrogen-bond donors (Lipinski definition) is 2. The number of amides is 1. The van der Waals surface area contributed by atoms with Gasteiger partial charge in [0, 0.05) is 18.8 Å². The highest BCUT2D eigenvalue weighted by Gasteiger charge is 2.31. The first kappa shape index (κ1) is 20.4. The van der Waals surface area contributed by atoms with Crippen molar-refractivity contribution >= 4 is 11.6 Å². The van der Waals surface area contributed by atoms with Gasteiger partial charge in [0.15, 0.2) is 0 Å². The molecule has 0 atom stereocenters. The first-order valence-corrected chi connectivity index (χ1v) is 7.93. The first-order valence-electron chi connectivity index (χ1n) is 7.93. The summed E-state index contributed by atoms with van der Waals surface area (Å²) in [6, 6.07) is 5.63. The van der Waals surface area contributed by atoms with E-state index >= 15 is 0 Å². The van der Waals surface area contributed by atoms with Gasteiger partial charge in [-0.15, -0.1) is 0 Å². The van der Waals surface area contributed by atoms with E-state index < -0.39 is 18.6 Å². The third kappa shape index (κ3) is 6.88. The van der Waals surface area contributed by atoms with Crippen LogP contribution in [0, 0.1) is 6.92 Å². The molecule has 136 valence electrons. The molecule has 2 N–H and O–H groups in total. The van der Waals surface area contributed by atoms with Gasteiger partial charge < -0.3 is 10.4 Å². The Balaban J connectivity index is 2.82. The van der Waals surface area contributed by atoms with E-state index in [9.17, 15) is 18.0 Å². The quantitative estimate of drug-likeness (QED) is 0.759. The maximum absolute atomic E-state index is 12.6. The number of aliphatic hydroxyl groups is 1. The summed E-state index contributed by atoms with van der Waals surface area (Å²) in [5.41, 5.74) is 2.47. The molecule has 0 radical (unpaired) electrons. The topological polar surface area (TPSA) is 52.6 Å². The summed E-state index contributed by atoms with van der Waals surface area (Å²) in [4.78, 5) is 13.2. The largest absolute Gasteiger partial charge is 0.401 e. The number of carbonyl (C=O) groups excluding carboxylic acids is 1. The fraction of sp³-hybridized carbons (Fsp3) is 0.588. The predicted octanol–water partition coefficient (Wildman–Crippen LogP) is 3.30. The maximum atomic E-state index is 12.6. The summed E-state index contributed by atoms with van der Waals surface area (Å²) >= 11 is 0. The van der Waals surface area contributed by atoms with Crippen LogP contribution < -0.4 is 5.32 Å². The number of anilines is 1. The van der Waals surface area contributed by atoms with Crippen LogP contribution in [-0.2, 0) is 4.79 Å². The zero-order valence-electron chi connectivity index (χ0n) is 14.3. The Morgan fingerprint density at radius 1 is 1.33 bits per heavy atom. The number of alkyl halides is 3. The highest BCUT2D eigenvalue weighted by Crippen LogP contribution is 2.27. The second-order valence-electron chi connectivity index (χ2n) is 6.15. The van der Waals surface area contributed by atoms with E-state index in [4.69, 9.17) is 5.11 Å². The summed E-state index contributed by atoms with van der Waals surface area (Å²) in [5.74, 6) is -0.311. The van der Waals surface area contributed by atoms with Crippen LogP contribution in [0.5, 0.6) is 0 Å². The lowest BCUT2D eigenvalue weighted by atomic mass is 9.98. The van der Waals surface area contributed by atoms with Gasteiger partial charge in [-0.1, -0.05) is 32.0 Å². The molecule has 0 fully saturated rings. The summed E-state index contributed by atoms with van der Waals surface area (Å²) in [6.07, 6.45) is -4.20. The van der Waals surface area contributed by atoms with Crippen LogP contribution in [-0.4, -0.2) is 48.3 Å². The second kappa shape index (κ2) is 9.03. The number of para-hydroxylation sites is 1. The van der Waals surface area contributed by atoms with Gasteiger partial charge in [0.2, 0.25) is 5.91 Å². The van der Waals surface area contributed by atoms with Crippen LogP contribution in [0.2, 0.25) is 0 Å². The minimum Gasteiger partial charge on any atom is -0.396 e. The number of carbonyl (C=O) groups is 1. The van der Waals surface area contributed by atoms with Crippen molar-refractivity contribution in [1.29, 1.82) is 0 Å². The van der Waals surface area contributed by atoms with Crippen molar-refractivity contribution in [2.75, 3.05) is 31.6 Å². The summed E-state index contributed by atoms with van der Waals surface area (Å²) in [6.45, 7) is 4.07. The van der Waals surface area contributed by atoms with E-state index in [2.05, 4.69) is 5.32 Å². The molecule has 0 spiro atoms. The van der Waals surface area contributed by atoms with E-state index in [0.29, 0.717) is 5.69 Å². The van der Waals surface area contributed by atoms with Crippen LogP contribution >= 0.6 is 0 Å². The Hall–Kier alpha value is -1.60. The van der Waals surface area contributed by atoms with Crippen LogP contribution in [0.1, 0.15) is 37.3 Å². The van der Waals surface area contributed by atoms with Crippen LogP contribution in [0.15, 0.2) is 18.2 Å². The van der Waals surface area contributed by atoms with Crippen LogP contribution in [0.3, 0.4) is 0 Å². The molecule has 4 nitrogen and oxygen atoms in total. The molecule has 0 unspecified atom stereocenters. The molecule has 0 aliphatic carbocycles. The Kier molecular flexibility index (Phi) is 7.69. The zero-order valence-corrected chi connectivity index (χ0v) is 14.3. The lowest BCUT2D eigenvalue weighted by molar-refractivity contribution is -0.148. The lowest BCUT2D eigenvalue weighted by Gasteiger charge is -2.23. The van der Waals surface area contributed by atoms with Crippen molar-refractivity contribution in [3.63, 3.8) is 0 Å². The predicted molar refractivity (Wildman–Crippen MR) is 88.1 cm³/mol. The summed E-state index contributed by atoms with van der Waals surface area (Å²) in [7, 11) is 0. The molecule has 0 bridgehead atoms. The normalized spacial score (nSPS) is 12.0. The molecule has 7 heteroatoms. The van der Waals surface area contributed by atoms with E-state index in [1.165, 1.54) is 0 Å². The number of aliphatic hydroxyl groups excluding tert-OH is 1. The van der Waals surface area contributed by atoms with Crippen molar-refractivity contribution in [1.82, 2.24) is 4.90 Å². The zero-order chi connectivity index (χ0) is 18.3. The molecule has 1 aromatic rings. The van der Waals surface area contributed by atoms with Gasteiger partial charge in [-0.25, -0.2) is 0 Å². The molecule has 0 heterocycles. The summed E-state index contributed by atoms with van der Waals surface area (Å²) in [5, 5.41) is 11.6. The average molecular weight is 346 g/mol. The fourth-order valence-corrected chi connectivity index (χ4v) is 2.49. The molecule has 0 aliphatic rings. The lowest BCUT2D eigenvalue weighted by Crippen LogP contribution is -2.40. The number of nitrogens with one attached hydrogen (secondary N) is 1. The van der Waals surface area contributed by atoms with Gasteiger partial charge in [0.1, 0.15) is 0 Å². The smallest absolute Gasteiger partial charge is 0.396 e. The monoisotopic (exact) mass is 346 g/mol. The SMILES string of the molecule is Cc1cccc(C(C)C)c1NC(=O)CN(CCCO)CC(F)(F)F. The number of nitrogens with zero attached hydrogens (tertiary/aromatic N) is 1. The van der Waals surface area contributed by atoms with Gasteiger partial charge in [0.05, 0.1) is 13.1 Å². The minimum absolute atomic E-state index is 0.00817. The van der Waals surface area contributed by atoms with Crippen molar-refractivity contribution in [3.05, 3.63) is 29.3 Å². The summed E-state index contributed by atoms with van der Waals surface area (Å²) < 4.78 is 37.8. The van der Waals surface area contributed by atoms with Gasteiger partial charge in [-0.2, -0.15) is 13.2 Å². The minimum atomic E-state index is -4.39. The molecule has 1 aromatic carbocycles. The van der Waals surface area contributed by atoms with E-state index in [1.807, 2.05) is 39.0 Å². The average Bonchev–Trinajstić information content (AvgIpc) is 2.45.